The molecule has 1 aliphatic carbocycles. The van der Waals surface area contributed by atoms with Crippen molar-refractivity contribution >= 4 is 10.0 Å². The molecule has 2 N–H and O–H groups in total. The molecule has 30 heavy (non-hydrogen) atoms. The van der Waals surface area contributed by atoms with Crippen LogP contribution in [-0.2, 0) is 10.0 Å². The van der Waals surface area contributed by atoms with E-state index < -0.39 is 10.0 Å². The summed E-state index contributed by atoms with van der Waals surface area (Å²) in [4.78, 5) is 0.360. The van der Waals surface area contributed by atoms with Gasteiger partial charge in [0.1, 0.15) is 12.1 Å². The summed E-state index contributed by atoms with van der Waals surface area (Å²) in [7, 11) is -3.42. The number of rotatable bonds is 7. The number of hydrogen-bond acceptors (Lipinski definition) is 2. The molecule has 0 spiro atoms. The highest BCUT2D eigenvalue weighted by Crippen LogP contribution is 2.41. The van der Waals surface area contributed by atoms with Gasteiger partial charge < -0.3 is 5.32 Å². The van der Waals surface area contributed by atoms with E-state index in [1.54, 1.807) is 12.1 Å². The van der Waals surface area contributed by atoms with Gasteiger partial charge in [0.05, 0.1) is 4.90 Å². The largest absolute Gasteiger partial charge is 0.330 e. The van der Waals surface area contributed by atoms with E-state index in [4.69, 9.17) is 0 Å². The summed E-state index contributed by atoms with van der Waals surface area (Å²) in [6.45, 7) is 6.86. The van der Waals surface area contributed by atoms with Gasteiger partial charge in [0.15, 0.2) is 0 Å². The zero-order valence-electron chi connectivity index (χ0n) is 17.7. The van der Waals surface area contributed by atoms with Crippen molar-refractivity contribution in [1.82, 2.24) is 4.31 Å². The van der Waals surface area contributed by atoms with Crippen molar-refractivity contribution in [3.8, 4) is 11.1 Å². The van der Waals surface area contributed by atoms with Crippen molar-refractivity contribution in [2.45, 2.75) is 37.8 Å². The number of nitrogens with two attached hydrogens (primary N) is 1. The van der Waals surface area contributed by atoms with Crippen molar-refractivity contribution in [2.24, 2.45) is 0 Å². The van der Waals surface area contributed by atoms with E-state index >= 15 is 0 Å². The SMILES string of the molecule is CCN(CC)S(=O)(=O)c1ccc([C@@H](C)[NH2+]C2c3ccccc3-c3ccccc32)cc1. The molecule has 0 unspecified atom stereocenters. The predicted octanol–water partition coefficient (Wildman–Crippen LogP) is 4.11. The minimum atomic E-state index is -3.42. The molecule has 0 radical (unpaired) electrons. The number of fused-ring (bicyclic) bond motifs is 3. The highest BCUT2D eigenvalue weighted by Gasteiger charge is 2.32. The quantitative estimate of drug-likeness (QED) is 0.624. The fourth-order valence-corrected chi connectivity index (χ4v) is 5.92. The van der Waals surface area contributed by atoms with Crippen LogP contribution >= 0.6 is 0 Å². The van der Waals surface area contributed by atoms with Gasteiger partial charge >= 0.3 is 0 Å². The van der Waals surface area contributed by atoms with E-state index in [1.165, 1.54) is 26.6 Å². The minimum absolute atomic E-state index is 0.194. The second kappa shape index (κ2) is 8.34. The first kappa shape index (κ1) is 20.8. The monoisotopic (exact) mass is 421 g/mol. The molecule has 4 rings (SSSR count). The number of sulfonamides is 1. The molecule has 3 aromatic rings. The third-order valence-corrected chi connectivity index (χ3v) is 8.18. The molecule has 5 heteroatoms. The fourth-order valence-electron chi connectivity index (χ4n) is 4.46. The summed E-state index contributed by atoms with van der Waals surface area (Å²) in [5.74, 6) is 0. The highest BCUT2D eigenvalue weighted by molar-refractivity contribution is 7.89. The smallest absolute Gasteiger partial charge is 0.243 e. The summed E-state index contributed by atoms with van der Waals surface area (Å²) in [6.07, 6.45) is 0. The van der Waals surface area contributed by atoms with Gasteiger partial charge in [-0.3, -0.25) is 0 Å². The van der Waals surface area contributed by atoms with Crippen molar-refractivity contribution in [1.29, 1.82) is 0 Å². The van der Waals surface area contributed by atoms with E-state index in [9.17, 15) is 8.42 Å². The lowest BCUT2D eigenvalue weighted by Crippen LogP contribution is -2.85. The van der Waals surface area contributed by atoms with Crippen LogP contribution < -0.4 is 5.32 Å². The second-order valence-corrected chi connectivity index (χ2v) is 9.73. The molecular formula is C25H29N2O2S+. The van der Waals surface area contributed by atoms with Crippen LogP contribution in [0, 0.1) is 0 Å². The predicted molar refractivity (Wildman–Crippen MR) is 121 cm³/mol. The van der Waals surface area contributed by atoms with E-state index in [2.05, 4.69) is 60.8 Å². The first-order valence-corrected chi connectivity index (χ1v) is 12.0. The Morgan fingerprint density at radius 3 is 1.83 bits per heavy atom. The Kier molecular flexibility index (Phi) is 5.78. The van der Waals surface area contributed by atoms with Crippen LogP contribution in [0.1, 0.15) is 49.5 Å². The molecule has 0 saturated heterocycles. The van der Waals surface area contributed by atoms with Crippen LogP contribution in [0.2, 0.25) is 0 Å². The summed E-state index contributed by atoms with van der Waals surface area (Å²) in [5, 5.41) is 2.37. The normalized spacial score (nSPS) is 14.5. The summed E-state index contributed by atoms with van der Waals surface area (Å²) < 4.78 is 27.0. The van der Waals surface area contributed by atoms with Crippen LogP contribution in [0.5, 0.6) is 0 Å². The Hall–Kier alpha value is -2.47. The molecule has 1 aliphatic rings. The van der Waals surface area contributed by atoms with Crippen molar-refractivity contribution in [3.63, 3.8) is 0 Å². The number of hydrogen-bond donors (Lipinski definition) is 1. The highest BCUT2D eigenvalue weighted by atomic mass is 32.2. The zero-order valence-corrected chi connectivity index (χ0v) is 18.6. The van der Waals surface area contributed by atoms with Crippen LogP contribution in [0.4, 0.5) is 0 Å². The summed E-state index contributed by atoms with van der Waals surface area (Å²) in [6, 6.07) is 25.0. The lowest BCUT2D eigenvalue weighted by atomic mass is 10.0. The fraction of sp³-hybridized carbons (Fsp3) is 0.280. The Morgan fingerprint density at radius 2 is 1.33 bits per heavy atom. The molecule has 4 nitrogen and oxygen atoms in total. The van der Waals surface area contributed by atoms with E-state index in [1.807, 2.05) is 26.0 Å². The first-order chi connectivity index (χ1) is 14.5. The first-order valence-electron chi connectivity index (χ1n) is 10.6. The zero-order chi connectivity index (χ0) is 21.3. The van der Waals surface area contributed by atoms with E-state index in [-0.39, 0.29) is 12.1 Å². The van der Waals surface area contributed by atoms with Crippen LogP contribution in [-0.4, -0.2) is 25.8 Å². The third-order valence-electron chi connectivity index (χ3n) is 6.11. The third kappa shape index (κ3) is 3.58. The van der Waals surface area contributed by atoms with Gasteiger partial charge in [-0.15, -0.1) is 0 Å². The molecule has 0 aliphatic heterocycles. The van der Waals surface area contributed by atoms with Crippen LogP contribution in [0.15, 0.2) is 77.7 Å². The Balaban J connectivity index is 1.59. The van der Waals surface area contributed by atoms with E-state index in [0.717, 1.165) is 5.56 Å². The number of benzene rings is 3. The molecule has 0 amide bonds. The van der Waals surface area contributed by atoms with Crippen molar-refractivity contribution in [2.75, 3.05) is 13.1 Å². The molecule has 0 heterocycles. The minimum Gasteiger partial charge on any atom is -0.330 e. The lowest BCUT2D eigenvalue weighted by Gasteiger charge is -2.20. The van der Waals surface area contributed by atoms with Gasteiger partial charge in [-0.25, -0.2) is 8.42 Å². The lowest BCUT2D eigenvalue weighted by molar-refractivity contribution is -0.722. The van der Waals surface area contributed by atoms with Crippen LogP contribution in [0.25, 0.3) is 11.1 Å². The van der Waals surface area contributed by atoms with E-state index in [0.29, 0.717) is 18.0 Å². The van der Waals surface area contributed by atoms with Gasteiger partial charge in [0.25, 0.3) is 0 Å². The maximum atomic E-state index is 12.7. The second-order valence-electron chi connectivity index (χ2n) is 7.79. The Labute approximate surface area is 179 Å². The van der Waals surface area contributed by atoms with Crippen LogP contribution in [0.3, 0.4) is 0 Å². The van der Waals surface area contributed by atoms with Gasteiger partial charge in [-0.05, 0) is 30.2 Å². The summed E-state index contributed by atoms with van der Waals surface area (Å²) in [5.41, 5.74) is 6.41. The molecular weight excluding hydrogens is 392 g/mol. The molecule has 0 saturated carbocycles. The molecule has 0 aromatic heterocycles. The Morgan fingerprint density at radius 1 is 0.833 bits per heavy atom. The summed E-state index contributed by atoms with van der Waals surface area (Å²) >= 11 is 0. The standard InChI is InChI=1S/C25H28N2O2S/c1-4-27(5-2)30(28,29)20-16-14-19(15-17-20)18(3)26-25-23-12-8-6-10-21(23)22-11-7-9-13-24(22)25/h6-18,25-26H,4-5H2,1-3H3/p+1/t18-/m1/s1. The molecule has 0 fully saturated rings. The number of quaternary nitrogens is 1. The molecule has 1 atom stereocenters. The maximum Gasteiger partial charge on any atom is 0.243 e. The van der Waals surface area contributed by atoms with Gasteiger partial charge in [-0.2, -0.15) is 4.31 Å². The molecule has 156 valence electrons. The van der Waals surface area contributed by atoms with Crippen molar-refractivity contribution in [3.05, 3.63) is 89.5 Å². The molecule has 0 bridgehead atoms. The average molecular weight is 422 g/mol. The maximum absolute atomic E-state index is 12.7. The van der Waals surface area contributed by atoms with Gasteiger partial charge in [0.2, 0.25) is 10.0 Å². The Bertz CT molecular complexity index is 1090. The molecule has 3 aromatic carbocycles. The number of nitrogens with zero attached hydrogens (tertiary/aromatic N) is 1. The average Bonchev–Trinajstić information content (AvgIpc) is 3.08. The van der Waals surface area contributed by atoms with Gasteiger partial charge in [-0.1, -0.05) is 74.5 Å². The van der Waals surface area contributed by atoms with Gasteiger partial charge in [0, 0.05) is 29.8 Å². The topological polar surface area (TPSA) is 54.0 Å². The van der Waals surface area contributed by atoms with Crippen molar-refractivity contribution < 1.29 is 13.7 Å².